The van der Waals surface area contributed by atoms with Crippen LogP contribution in [-0.4, -0.2) is 45.0 Å². The highest BCUT2D eigenvalue weighted by Gasteiger charge is 2.30. The van der Waals surface area contributed by atoms with E-state index in [1.807, 2.05) is 5.32 Å². The molecule has 156 valence electrons. The summed E-state index contributed by atoms with van der Waals surface area (Å²) in [6, 6.07) is 3.80. The second kappa shape index (κ2) is 10.5. The normalized spacial score (nSPS) is 12.5. The number of carbonyl (C=O) groups is 3. The maximum absolute atomic E-state index is 12.5. The molecule has 9 nitrogen and oxygen atoms in total. The van der Waals surface area contributed by atoms with Gasteiger partial charge in [-0.05, 0) is 44.0 Å². The summed E-state index contributed by atoms with van der Waals surface area (Å²) in [4.78, 5) is 35.4. The molecule has 1 aromatic carbocycles. The van der Waals surface area contributed by atoms with E-state index in [2.05, 4.69) is 26.0 Å². The number of sulfonamides is 1. The zero-order chi connectivity index (χ0) is 21.5. The molecule has 0 saturated carbocycles. The Bertz CT molecular complexity index is 809. The van der Waals surface area contributed by atoms with E-state index in [-0.39, 0.29) is 10.9 Å². The lowest BCUT2D eigenvalue weighted by atomic mass is 10.1. The standard InChI is InChI=1S/C17H24BrN3O6S/c1-10(2)15(21-28(25,26)13-7-5-12(18)6-8-13)16(23)27-9-14(22)20-17(24)19-11(3)4/h5-8,10-11,15,21H,9H2,1-4H3,(H2,19,20,22,24)/t15-/m0/s1. The molecule has 0 radical (unpaired) electrons. The molecule has 0 bridgehead atoms. The van der Waals surface area contributed by atoms with Crippen LogP contribution < -0.4 is 15.4 Å². The predicted molar refractivity (Wildman–Crippen MR) is 106 cm³/mol. The number of nitrogens with one attached hydrogen (secondary N) is 3. The summed E-state index contributed by atoms with van der Waals surface area (Å²) in [6.07, 6.45) is 0. The molecule has 0 aromatic heterocycles. The van der Waals surface area contributed by atoms with Gasteiger partial charge in [-0.3, -0.25) is 14.9 Å². The first-order chi connectivity index (χ1) is 12.9. The Hall–Kier alpha value is -1.98. The molecular formula is C17H24BrN3O6S. The Morgan fingerprint density at radius 1 is 1.07 bits per heavy atom. The zero-order valence-electron chi connectivity index (χ0n) is 16.0. The third kappa shape index (κ3) is 7.95. The zero-order valence-corrected chi connectivity index (χ0v) is 18.4. The number of amides is 3. The molecule has 0 aliphatic carbocycles. The molecule has 0 spiro atoms. The summed E-state index contributed by atoms with van der Waals surface area (Å²) in [5.74, 6) is -2.19. The summed E-state index contributed by atoms with van der Waals surface area (Å²) in [6.45, 7) is 5.98. The van der Waals surface area contributed by atoms with Gasteiger partial charge < -0.3 is 10.1 Å². The van der Waals surface area contributed by atoms with E-state index in [1.165, 1.54) is 12.1 Å². The molecule has 0 aliphatic rings. The third-order valence-electron chi connectivity index (χ3n) is 3.34. The van der Waals surface area contributed by atoms with Crippen molar-refractivity contribution < 1.29 is 27.5 Å². The highest BCUT2D eigenvalue weighted by atomic mass is 79.9. The Balaban J connectivity index is 2.72. The van der Waals surface area contributed by atoms with Crippen LogP contribution in [0.25, 0.3) is 0 Å². The van der Waals surface area contributed by atoms with Crippen LogP contribution in [0.1, 0.15) is 27.7 Å². The second-order valence-electron chi connectivity index (χ2n) is 6.58. The van der Waals surface area contributed by atoms with Crippen LogP contribution in [-0.2, 0) is 24.3 Å². The van der Waals surface area contributed by atoms with Crippen LogP contribution in [0.4, 0.5) is 4.79 Å². The number of ether oxygens (including phenoxy) is 1. The molecule has 3 N–H and O–H groups in total. The minimum Gasteiger partial charge on any atom is -0.454 e. The molecule has 1 rings (SSSR count). The topological polar surface area (TPSA) is 131 Å². The third-order valence-corrected chi connectivity index (χ3v) is 5.33. The number of benzene rings is 1. The second-order valence-corrected chi connectivity index (χ2v) is 9.21. The van der Waals surface area contributed by atoms with Gasteiger partial charge >= 0.3 is 12.0 Å². The fraction of sp³-hybridized carbons (Fsp3) is 0.471. The van der Waals surface area contributed by atoms with E-state index in [9.17, 15) is 22.8 Å². The minimum absolute atomic E-state index is 0.0164. The smallest absolute Gasteiger partial charge is 0.324 e. The first-order valence-electron chi connectivity index (χ1n) is 8.47. The molecule has 0 fully saturated rings. The van der Waals surface area contributed by atoms with Gasteiger partial charge in [-0.1, -0.05) is 29.8 Å². The van der Waals surface area contributed by atoms with Crippen molar-refractivity contribution in [2.75, 3.05) is 6.61 Å². The number of halogens is 1. The van der Waals surface area contributed by atoms with Gasteiger partial charge in [0.2, 0.25) is 10.0 Å². The summed E-state index contributed by atoms with van der Waals surface area (Å²) in [5.41, 5.74) is 0. The van der Waals surface area contributed by atoms with Gasteiger partial charge in [0.05, 0.1) is 4.90 Å². The van der Waals surface area contributed by atoms with Gasteiger partial charge in [-0.2, -0.15) is 4.72 Å². The van der Waals surface area contributed by atoms with E-state index in [0.29, 0.717) is 4.47 Å². The molecule has 28 heavy (non-hydrogen) atoms. The van der Waals surface area contributed by atoms with Crippen molar-refractivity contribution in [1.82, 2.24) is 15.4 Å². The van der Waals surface area contributed by atoms with E-state index in [1.54, 1.807) is 39.8 Å². The monoisotopic (exact) mass is 477 g/mol. The molecule has 0 saturated heterocycles. The fourth-order valence-electron chi connectivity index (χ4n) is 1.99. The summed E-state index contributed by atoms with van der Waals surface area (Å²) < 4.78 is 32.8. The van der Waals surface area contributed by atoms with Crippen molar-refractivity contribution >= 4 is 43.9 Å². The lowest BCUT2D eigenvalue weighted by Gasteiger charge is -2.20. The number of carbonyl (C=O) groups excluding carboxylic acids is 3. The predicted octanol–water partition coefficient (Wildman–Crippen LogP) is 1.53. The SMILES string of the molecule is CC(C)NC(=O)NC(=O)COC(=O)[C@@H](NS(=O)(=O)c1ccc(Br)cc1)C(C)C. The summed E-state index contributed by atoms with van der Waals surface area (Å²) in [7, 11) is -3.97. The average Bonchev–Trinajstić information content (AvgIpc) is 2.57. The van der Waals surface area contributed by atoms with Crippen LogP contribution in [0.3, 0.4) is 0 Å². The van der Waals surface area contributed by atoms with Crippen molar-refractivity contribution in [3.8, 4) is 0 Å². The molecule has 3 amide bonds. The first kappa shape index (κ1) is 24.1. The van der Waals surface area contributed by atoms with Crippen LogP contribution in [0.5, 0.6) is 0 Å². The van der Waals surface area contributed by atoms with E-state index in [4.69, 9.17) is 4.74 Å². The molecule has 1 atom stereocenters. The molecular weight excluding hydrogens is 454 g/mol. The Morgan fingerprint density at radius 2 is 1.64 bits per heavy atom. The lowest BCUT2D eigenvalue weighted by Crippen LogP contribution is -2.47. The van der Waals surface area contributed by atoms with Crippen molar-refractivity contribution in [2.45, 2.75) is 44.7 Å². The first-order valence-corrected chi connectivity index (χ1v) is 10.7. The van der Waals surface area contributed by atoms with Crippen LogP contribution in [0.15, 0.2) is 33.6 Å². The minimum atomic E-state index is -3.97. The van der Waals surface area contributed by atoms with E-state index < -0.39 is 46.5 Å². The highest BCUT2D eigenvalue weighted by Crippen LogP contribution is 2.16. The Morgan fingerprint density at radius 3 is 2.14 bits per heavy atom. The van der Waals surface area contributed by atoms with Crippen molar-refractivity contribution in [2.24, 2.45) is 5.92 Å². The number of hydrogen-bond donors (Lipinski definition) is 3. The van der Waals surface area contributed by atoms with Gasteiger partial charge in [0.15, 0.2) is 6.61 Å². The van der Waals surface area contributed by atoms with Gasteiger partial charge in [-0.25, -0.2) is 13.2 Å². The number of imide groups is 1. The van der Waals surface area contributed by atoms with Gasteiger partial charge in [0, 0.05) is 10.5 Å². The van der Waals surface area contributed by atoms with Crippen LogP contribution in [0.2, 0.25) is 0 Å². The number of rotatable bonds is 8. The maximum Gasteiger partial charge on any atom is 0.324 e. The fourth-order valence-corrected chi connectivity index (χ4v) is 3.59. The number of urea groups is 1. The number of esters is 1. The number of hydrogen-bond acceptors (Lipinski definition) is 6. The van der Waals surface area contributed by atoms with Crippen LogP contribution in [0, 0.1) is 5.92 Å². The van der Waals surface area contributed by atoms with E-state index in [0.717, 1.165) is 0 Å². The van der Waals surface area contributed by atoms with Crippen LogP contribution >= 0.6 is 15.9 Å². The molecule has 0 aliphatic heterocycles. The summed E-state index contributed by atoms with van der Waals surface area (Å²) in [5, 5.41) is 4.45. The molecule has 1 aromatic rings. The van der Waals surface area contributed by atoms with E-state index >= 15 is 0 Å². The molecule has 0 heterocycles. The maximum atomic E-state index is 12.5. The Kier molecular flexibility index (Phi) is 9.05. The van der Waals surface area contributed by atoms with Gasteiger partial charge in [0.1, 0.15) is 6.04 Å². The van der Waals surface area contributed by atoms with Crippen molar-refractivity contribution in [3.05, 3.63) is 28.7 Å². The lowest BCUT2D eigenvalue weighted by molar-refractivity contribution is -0.150. The van der Waals surface area contributed by atoms with Gasteiger partial charge in [-0.15, -0.1) is 0 Å². The van der Waals surface area contributed by atoms with Gasteiger partial charge in [0.25, 0.3) is 5.91 Å². The van der Waals surface area contributed by atoms with Crippen molar-refractivity contribution in [1.29, 1.82) is 0 Å². The quantitative estimate of drug-likeness (QED) is 0.486. The molecule has 0 unspecified atom stereocenters. The largest absolute Gasteiger partial charge is 0.454 e. The highest BCUT2D eigenvalue weighted by molar-refractivity contribution is 9.10. The van der Waals surface area contributed by atoms with Crippen molar-refractivity contribution in [3.63, 3.8) is 0 Å². The molecule has 11 heteroatoms. The average molecular weight is 478 g/mol. The Labute approximate surface area is 172 Å². The summed E-state index contributed by atoms with van der Waals surface area (Å²) >= 11 is 3.22.